The fraction of sp³-hybridized carbons (Fsp3) is 0.167. The molecule has 0 unspecified atom stereocenters. The smallest absolute Gasteiger partial charge is 0.185 e. The Labute approximate surface area is 144 Å². The highest BCUT2D eigenvalue weighted by Gasteiger charge is 2.03. The lowest BCUT2D eigenvalue weighted by molar-refractivity contribution is 0.104. The summed E-state index contributed by atoms with van der Waals surface area (Å²) < 4.78 is 11.5. The molecule has 0 heterocycles. The average Bonchev–Trinajstić information content (AvgIpc) is 2.55. The van der Waals surface area contributed by atoms with Crippen LogP contribution < -0.4 is 4.74 Å². The summed E-state index contributed by atoms with van der Waals surface area (Å²) in [5, 5.41) is 0. The topological polar surface area (TPSA) is 35.5 Å². The van der Waals surface area contributed by atoms with Gasteiger partial charge in [-0.15, -0.1) is 0 Å². The number of hydrogen-bond donors (Lipinski definition) is 0. The average molecular weight is 408 g/mol. The van der Waals surface area contributed by atoms with Gasteiger partial charge >= 0.3 is 0 Å². The van der Waals surface area contributed by atoms with Crippen molar-refractivity contribution in [1.82, 2.24) is 0 Å². The Kier molecular flexibility index (Phi) is 6.61. The molecule has 0 N–H and O–H groups in total. The van der Waals surface area contributed by atoms with Crippen LogP contribution in [0, 0.1) is 3.57 Å². The Morgan fingerprint density at radius 1 is 1.09 bits per heavy atom. The summed E-state index contributed by atoms with van der Waals surface area (Å²) in [7, 11) is 1.63. The largest absolute Gasteiger partial charge is 0.491 e. The number of carbonyl (C=O) groups excluding carboxylic acids is 1. The minimum Gasteiger partial charge on any atom is -0.491 e. The molecule has 2 rings (SSSR count). The third-order valence-corrected chi connectivity index (χ3v) is 4.00. The predicted molar refractivity (Wildman–Crippen MR) is 96.3 cm³/mol. The Hall–Kier alpha value is -1.66. The molecule has 0 aliphatic carbocycles. The zero-order valence-electron chi connectivity index (χ0n) is 12.3. The molecule has 0 aromatic heterocycles. The number of allylic oxidation sites excluding steroid dienone is 1. The Bertz CT molecular complexity index is 648. The second-order valence-corrected chi connectivity index (χ2v) is 5.75. The quantitative estimate of drug-likeness (QED) is 0.298. The van der Waals surface area contributed by atoms with E-state index in [0.717, 1.165) is 14.9 Å². The van der Waals surface area contributed by atoms with Crippen molar-refractivity contribution in [2.45, 2.75) is 0 Å². The first-order valence-corrected chi connectivity index (χ1v) is 7.97. The highest BCUT2D eigenvalue weighted by Crippen LogP contribution is 2.15. The lowest BCUT2D eigenvalue weighted by Crippen LogP contribution is -2.04. The van der Waals surface area contributed by atoms with Crippen LogP contribution in [-0.4, -0.2) is 26.1 Å². The van der Waals surface area contributed by atoms with E-state index in [1.54, 1.807) is 37.5 Å². The van der Waals surface area contributed by atoms with Gasteiger partial charge in [0.25, 0.3) is 0 Å². The maximum atomic E-state index is 12.2. The normalized spacial score (nSPS) is 10.8. The molecular formula is C18H17IO3. The van der Waals surface area contributed by atoms with Gasteiger partial charge in [-0.2, -0.15) is 0 Å². The van der Waals surface area contributed by atoms with E-state index in [-0.39, 0.29) is 5.78 Å². The number of rotatable bonds is 7. The summed E-state index contributed by atoms with van der Waals surface area (Å²) in [5.41, 5.74) is 1.68. The van der Waals surface area contributed by atoms with Crippen LogP contribution in [-0.2, 0) is 4.74 Å². The van der Waals surface area contributed by atoms with Crippen LogP contribution in [0.3, 0.4) is 0 Å². The van der Waals surface area contributed by atoms with Crippen molar-refractivity contribution in [3.8, 4) is 5.75 Å². The molecule has 2 aromatic carbocycles. The van der Waals surface area contributed by atoms with Gasteiger partial charge in [-0.1, -0.05) is 24.3 Å². The van der Waals surface area contributed by atoms with E-state index in [2.05, 4.69) is 22.6 Å². The molecule has 4 heteroatoms. The van der Waals surface area contributed by atoms with Crippen molar-refractivity contribution in [3.63, 3.8) is 0 Å². The van der Waals surface area contributed by atoms with Crippen molar-refractivity contribution in [3.05, 3.63) is 69.3 Å². The second-order valence-electron chi connectivity index (χ2n) is 4.58. The van der Waals surface area contributed by atoms with Crippen molar-refractivity contribution in [2.24, 2.45) is 0 Å². The lowest BCUT2D eigenvalue weighted by Gasteiger charge is -2.05. The van der Waals surface area contributed by atoms with Crippen LogP contribution in [0.15, 0.2) is 54.6 Å². The number of halogens is 1. The zero-order valence-corrected chi connectivity index (χ0v) is 14.4. The van der Waals surface area contributed by atoms with Gasteiger partial charge in [0, 0.05) is 16.2 Å². The minimum absolute atomic E-state index is 0.0249. The van der Waals surface area contributed by atoms with Crippen LogP contribution in [0.2, 0.25) is 0 Å². The van der Waals surface area contributed by atoms with Gasteiger partial charge in [0.05, 0.1) is 6.61 Å². The monoisotopic (exact) mass is 408 g/mol. The maximum Gasteiger partial charge on any atom is 0.185 e. The second kappa shape index (κ2) is 8.70. The molecule has 0 aliphatic rings. The van der Waals surface area contributed by atoms with Gasteiger partial charge in [-0.3, -0.25) is 4.79 Å². The summed E-state index contributed by atoms with van der Waals surface area (Å²) in [5.74, 6) is 0.707. The lowest BCUT2D eigenvalue weighted by atomic mass is 10.1. The molecular weight excluding hydrogens is 391 g/mol. The van der Waals surface area contributed by atoms with E-state index in [9.17, 15) is 4.79 Å². The number of methoxy groups -OCH3 is 1. The number of benzene rings is 2. The minimum atomic E-state index is -0.0249. The Morgan fingerprint density at radius 2 is 1.82 bits per heavy atom. The van der Waals surface area contributed by atoms with Gasteiger partial charge in [-0.25, -0.2) is 0 Å². The highest BCUT2D eigenvalue weighted by molar-refractivity contribution is 14.1. The van der Waals surface area contributed by atoms with Crippen LogP contribution in [0.1, 0.15) is 15.9 Å². The molecule has 22 heavy (non-hydrogen) atoms. The van der Waals surface area contributed by atoms with E-state index >= 15 is 0 Å². The summed E-state index contributed by atoms with van der Waals surface area (Å²) >= 11 is 2.25. The maximum absolute atomic E-state index is 12.2. The molecule has 0 saturated heterocycles. The SMILES string of the molecule is COCCOc1ccc(C(=O)/C=C/c2ccccc2I)cc1. The molecule has 114 valence electrons. The van der Waals surface area contributed by atoms with E-state index < -0.39 is 0 Å². The fourth-order valence-electron chi connectivity index (χ4n) is 1.83. The molecule has 0 saturated carbocycles. The van der Waals surface area contributed by atoms with Crippen molar-refractivity contribution >= 4 is 34.5 Å². The zero-order chi connectivity index (χ0) is 15.8. The first-order valence-electron chi connectivity index (χ1n) is 6.89. The van der Waals surface area contributed by atoms with Gasteiger partial charge in [0.15, 0.2) is 5.78 Å². The number of ketones is 1. The number of carbonyl (C=O) groups is 1. The molecule has 0 atom stereocenters. The first kappa shape index (κ1) is 16.7. The van der Waals surface area contributed by atoms with Crippen molar-refractivity contribution < 1.29 is 14.3 Å². The van der Waals surface area contributed by atoms with E-state index in [1.165, 1.54) is 0 Å². The summed E-state index contributed by atoms with van der Waals surface area (Å²) in [6, 6.07) is 15.1. The molecule has 0 spiro atoms. The van der Waals surface area contributed by atoms with Gasteiger partial charge < -0.3 is 9.47 Å². The standard InChI is InChI=1S/C18H17IO3/c1-21-12-13-22-16-9-6-15(7-10-16)18(20)11-8-14-4-2-3-5-17(14)19/h2-11H,12-13H2,1H3/b11-8+. The van der Waals surface area contributed by atoms with E-state index in [0.29, 0.717) is 18.8 Å². The molecule has 0 fully saturated rings. The van der Waals surface area contributed by atoms with E-state index in [1.807, 2.05) is 30.3 Å². The predicted octanol–water partition coefficient (Wildman–Crippen LogP) is 4.21. The summed E-state index contributed by atoms with van der Waals surface area (Å²) in [6.45, 7) is 1.04. The summed E-state index contributed by atoms with van der Waals surface area (Å²) in [4.78, 5) is 12.2. The van der Waals surface area contributed by atoms with Gasteiger partial charge in [0.1, 0.15) is 12.4 Å². The number of hydrogen-bond acceptors (Lipinski definition) is 3. The summed E-state index contributed by atoms with van der Waals surface area (Å²) in [6.07, 6.45) is 3.44. The highest BCUT2D eigenvalue weighted by atomic mass is 127. The van der Waals surface area contributed by atoms with E-state index in [4.69, 9.17) is 9.47 Å². The van der Waals surface area contributed by atoms with Crippen molar-refractivity contribution in [2.75, 3.05) is 20.3 Å². The molecule has 0 amide bonds. The molecule has 2 aromatic rings. The van der Waals surface area contributed by atoms with Crippen molar-refractivity contribution in [1.29, 1.82) is 0 Å². The Morgan fingerprint density at radius 3 is 2.50 bits per heavy atom. The molecule has 3 nitrogen and oxygen atoms in total. The molecule has 0 aliphatic heterocycles. The van der Waals surface area contributed by atoms with Crippen LogP contribution >= 0.6 is 22.6 Å². The third kappa shape index (κ3) is 4.96. The molecule has 0 bridgehead atoms. The van der Waals surface area contributed by atoms with Gasteiger partial charge in [-0.05, 0) is 64.6 Å². The first-order chi connectivity index (χ1) is 10.7. The van der Waals surface area contributed by atoms with Crippen LogP contribution in [0.5, 0.6) is 5.75 Å². The Balaban J connectivity index is 1.99. The van der Waals surface area contributed by atoms with Crippen LogP contribution in [0.4, 0.5) is 0 Å². The third-order valence-electron chi connectivity index (χ3n) is 3.01. The van der Waals surface area contributed by atoms with Crippen LogP contribution in [0.25, 0.3) is 6.08 Å². The molecule has 0 radical (unpaired) electrons. The number of ether oxygens (including phenoxy) is 2. The fourth-order valence-corrected chi connectivity index (χ4v) is 2.40. The van der Waals surface area contributed by atoms with Gasteiger partial charge in [0.2, 0.25) is 0 Å².